The number of aromatic amines is 4. The van der Waals surface area contributed by atoms with Crippen LogP contribution in [0.5, 0.6) is 0 Å². The van der Waals surface area contributed by atoms with Crippen LogP contribution in [-0.2, 0) is 35.3 Å². The number of hydrogen-bond donors (Lipinski definition) is 4. The van der Waals surface area contributed by atoms with Crippen LogP contribution in [0.3, 0.4) is 0 Å². The van der Waals surface area contributed by atoms with Crippen LogP contribution in [0.15, 0.2) is 70.8 Å². The molecule has 0 saturated heterocycles. The van der Waals surface area contributed by atoms with E-state index in [0.29, 0.717) is 0 Å². The maximum atomic E-state index is 16.5. The average Bonchev–Trinajstić information content (AvgIpc) is 1.31. The smallest absolute Gasteiger partial charge is 0.187 e. The van der Waals surface area contributed by atoms with Crippen molar-refractivity contribution < 1.29 is 9.59 Å². The number of carbonyl (C=O) groups is 2. The number of nitrogens with one attached hydrogen (secondary N) is 4. The third-order valence-corrected chi connectivity index (χ3v) is 23.0. The predicted molar refractivity (Wildman–Crippen MR) is 381 cm³/mol. The maximum Gasteiger partial charge on any atom is 0.187 e. The number of rotatable bonds is 16. The molecule has 7 aliphatic carbocycles. The van der Waals surface area contributed by atoms with Crippen LogP contribution in [0.1, 0.15) is 300 Å². The Hall–Kier alpha value is -7.98. The number of Topliss-reactive ketones (excluding diaryl/α,β-unsaturated/α-hetero) is 2. The molecule has 17 rings (SSSR count). The van der Waals surface area contributed by atoms with Crippen LogP contribution < -0.4 is 0 Å². The molecule has 4 N–H and O–H groups in total. The lowest BCUT2D eigenvalue weighted by molar-refractivity contribution is -0.118. The number of H-pyrrole nitrogens is 4. The van der Waals surface area contributed by atoms with Crippen molar-refractivity contribution in [1.82, 2.24) is 39.9 Å². The van der Waals surface area contributed by atoms with Gasteiger partial charge in [0, 0.05) is 90.1 Å². The van der Waals surface area contributed by atoms with Crippen molar-refractivity contribution in [3.05, 3.63) is 161 Å². The summed E-state index contributed by atoms with van der Waals surface area (Å²) >= 11 is 0. The Morgan fingerprint density at radius 3 is 0.728 bits per heavy atom. The first-order valence-electron chi connectivity index (χ1n) is 35.7. The fourth-order valence-electron chi connectivity index (χ4n) is 18.3. The standard InChI is InChI=1S/C82H92N8O2/c1-13-21-25-49-41(9)57-33-69-73-53-29-30-54(74(73)70(89-69)34-58-42(10)50(26-22-14-2)66(84-58)38-62-46(18-6)45(17-5)61(87-62)37-65(49)83-57)78-77(53)81(91)79-55-31-32-56(80(79)82(78)92)76-72-36-60-44(12)52(28-24-16-4)68(86-60)40-64-48(20-8)47(19-7)63(88-64)39-67-51(27-23-15-3)43(11)59(85-67)35-71(90-72)75(55)76/h33-40,53-56,87-90H,13-32H2,1-12H3/t53-,54+,55+,56-. The minimum Gasteiger partial charge on any atom is -0.355 e. The van der Waals surface area contributed by atoms with Crippen LogP contribution >= 0.6 is 0 Å². The summed E-state index contributed by atoms with van der Waals surface area (Å²) in [7, 11) is 0. The van der Waals surface area contributed by atoms with Gasteiger partial charge in [0.1, 0.15) is 0 Å². The third-order valence-electron chi connectivity index (χ3n) is 23.0. The summed E-state index contributed by atoms with van der Waals surface area (Å²) in [6.45, 7) is 27.2. The minimum absolute atomic E-state index is 0.0837. The Morgan fingerprint density at radius 1 is 0.315 bits per heavy atom. The molecule has 0 fully saturated rings. The van der Waals surface area contributed by atoms with Gasteiger partial charge in [0.05, 0.1) is 45.6 Å². The molecule has 0 spiro atoms. The minimum atomic E-state index is -0.259. The summed E-state index contributed by atoms with van der Waals surface area (Å²) in [5.41, 5.74) is 39.3. The van der Waals surface area contributed by atoms with E-state index in [1.165, 1.54) is 66.8 Å². The molecule has 10 heteroatoms. The van der Waals surface area contributed by atoms with Gasteiger partial charge < -0.3 is 19.9 Å². The number of hydrogen-bond acceptors (Lipinski definition) is 6. The molecule has 0 radical (unpaired) electrons. The monoisotopic (exact) mass is 1220 g/mol. The highest BCUT2D eigenvalue weighted by molar-refractivity contribution is 6.29. The molecule has 0 amide bonds. The second-order valence-corrected chi connectivity index (χ2v) is 28.0. The molecule has 0 unspecified atom stereocenters. The molecule has 11 aliphatic rings. The van der Waals surface area contributed by atoms with E-state index in [-0.39, 0.29) is 35.2 Å². The van der Waals surface area contributed by atoms with Crippen molar-refractivity contribution in [3.63, 3.8) is 0 Å². The number of fused-ring (bicyclic) bond motifs is 18. The maximum absolute atomic E-state index is 16.5. The average molecular weight is 1220 g/mol. The highest BCUT2D eigenvalue weighted by atomic mass is 16.1. The molecule has 10 nitrogen and oxygen atoms in total. The second-order valence-electron chi connectivity index (χ2n) is 28.0. The molecule has 6 aromatic heterocycles. The van der Waals surface area contributed by atoms with Crippen molar-refractivity contribution in [3.8, 4) is 0 Å². The lowest BCUT2D eigenvalue weighted by atomic mass is 9.53. The number of allylic oxidation sites excluding steroid dienone is 12. The topological polar surface area (TPSA) is 149 Å². The zero-order chi connectivity index (χ0) is 63.7. The van der Waals surface area contributed by atoms with Crippen LogP contribution in [-0.4, -0.2) is 51.4 Å². The van der Waals surface area contributed by atoms with E-state index in [9.17, 15) is 0 Å². The summed E-state index contributed by atoms with van der Waals surface area (Å²) < 4.78 is 0. The summed E-state index contributed by atoms with van der Waals surface area (Å²) in [5.74, 6) is -0.869. The van der Waals surface area contributed by atoms with E-state index in [1.54, 1.807) is 0 Å². The van der Waals surface area contributed by atoms with Gasteiger partial charge in [-0.2, -0.15) is 0 Å². The quantitative estimate of drug-likeness (QED) is 0.0709. The Kier molecular flexibility index (Phi) is 15.4. The Labute approximate surface area is 542 Å². The normalized spacial score (nSPS) is 19.8. The lowest BCUT2D eigenvalue weighted by Crippen LogP contribution is -2.42. The summed E-state index contributed by atoms with van der Waals surface area (Å²) in [6.07, 6.45) is 19.2. The zero-order valence-electron chi connectivity index (χ0n) is 56.7. The Morgan fingerprint density at radius 2 is 0.522 bits per heavy atom. The summed E-state index contributed by atoms with van der Waals surface area (Å²) in [4.78, 5) is 71.4. The van der Waals surface area contributed by atoms with Crippen molar-refractivity contribution in [1.29, 1.82) is 0 Å². The van der Waals surface area contributed by atoms with Gasteiger partial charge in [0.25, 0.3) is 0 Å². The van der Waals surface area contributed by atoms with Gasteiger partial charge in [-0.1, -0.05) is 81.1 Å². The largest absolute Gasteiger partial charge is 0.355 e. The highest BCUT2D eigenvalue weighted by Crippen LogP contribution is 2.64. The van der Waals surface area contributed by atoms with Crippen LogP contribution in [0, 0.1) is 0 Å². The Balaban J connectivity index is 0.948. The zero-order valence-corrected chi connectivity index (χ0v) is 56.7. The molecule has 92 heavy (non-hydrogen) atoms. The van der Waals surface area contributed by atoms with Gasteiger partial charge in [0.15, 0.2) is 11.6 Å². The van der Waals surface area contributed by atoms with Crippen molar-refractivity contribution in [2.75, 3.05) is 0 Å². The molecule has 0 aromatic carbocycles. The number of aryl methyl sites for hydroxylation is 4. The van der Waals surface area contributed by atoms with Crippen LogP contribution in [0.25, 0.3) is 88.7 Å². The van der Waals surface area contributed by atoms with E-state index in [2.05, 4.69) is 152 Å². The van der Waals surface area contributed by atoms with Gasteiger partial charge in [-0.05, 0) is 268 Å². The fourth-order valence-corrected chi connectivity index (χ4v) is 18.3. The first-order chi connectivity index (χ1) is 44.8. The van der Waals surface area contributed by atoms with Crippen molar-refractivity contribution in [2.45, 2.75) is 235 Å². The van der Waals surface area contributed by atoms with Gasteiger partial charge in [-0.3, -0.25) is 9.59 Å². The molecular formula is C82H92N8O2. The van der Waals surface area contributed by atoms with Crippen LogP contribution in [0.4, 0.5) is 0 Å². The van der Waals surface area contributed by atoms with Crippen LogP contribution in [0.2, 0.25) is 0 Å². The summed E-state index contributed by atoms with van der Waals surface area (Å²) in [5, 5.41) is 0. The first-order valence-corrected chi connectivity index (χ1v) is 35.7. The fraction of sp³-hybridized carbons (Fsp3) is 0.439. The van der Waals surface area contributed by atoms with Crippen molar-refractivity contribution in [2.24, 2.45) is 0 Å². The van der Waals surface area contributed by atoms with Gasteiger partial charge >= 0.3 is 0 Å². The molecule has 6 aromatic rings. The van der Waals surface area contributed by atoms with Gasteiger partial charge in [-0.25, -0.2) is 19.9 Å². The number of ketones is 2. The number of carbonyl (C=O) groups excluding carboxylic acids is 2. The van der Waals surface area contributed by atoms with Gasteiger partial charge in [-0.15, -0.1) is 0 Å². The first kappa shape index (κ1) is 60.3. The van der Waals surface area contributed by atoms with E-state index in [4.69, 9.17) is 19.9 Å². The molecule has 4 aliphatic heterocycles. The van der Waals surface area contributed by atoms with E-state index in [1.807, 2.05) is 0 Å². The lowest BCUT2D eigenvalue weighted by Gasteiger charge is -2.47. The Bertz CT molecular complexity index is 4210. The second kappa shape index (κ2) is 23.5. The molecule has 10 heterocycles. The molecular weight excluding hydrogens is 1130 g/mol. The highest BCUT2D eigenvalue weighted by Gasteiger charge is 2.56. The van der Waals surface area contributed by atoms with E-state index >= 15 is 9.59 Å². The van der Waals surface area contributed by atoms with Crippen molar-refractivity contribution >= 4 is 100 Å². The summed E-state index contributed by atoms with van der Waals surface area (Å²) in [6, 6.07) is 18.4. The molecule has 20 bridgehead atoms. The number of aromatic nitrogens is 8. The predicted octanol–water partition coefficient (Wildman–Crippen LogP) is 21.1. The van der Waals surface area contributed by atoms with Gasteiger partial charge in [0.2, 0.25) is 0 Å². The van der Waals surface area contributed by atoms with E-state index < -0.39 is 0 Å². The SMILES string of the molecule is CCCCC1=C(C)c2cc3[nH]c(cc4nc(cc5[nH]c(cc1n2)c(CC)c5CC)C(CCCC)=C4C)c1c3[C@@H]2CC[C@H]1C1=C2C(=O)C2=C(C1=O)[C@H]1CC[C@@H]2c2c1c1cc3nc(cc4[nH]c(cc5nc(cc2[nH]1)C(C)=C5CCCC)c(CC)c4CC)C(CCCC)=C3C. The number of nitrogens with zero attached hydrogens (tertiary/aromatic N) is 4. The molecule has 472 valence electrons. The van der Waals surface area contributed by atoms with E-state index in [0.717, 1.165) is 263 Å². The molecule has 0 saturated carbocycles. The number of unbranched alkanes of at least 4 members (excludes halogenated alkanes) is 4. The molecule has 4 atom stereocenters. The third kappa shape index (κ3) is 9.19.